The van der Waals surface area contributed by atoms with E-state index in [9.17, 15) is 4.79 Å². The van der Waals surface area contributed by atoms with Gasteiger partial charge in [-0.15, -0.1) is 0 Å². The molecule has 0 aromatic carbocycles. The number of aryl methyl sites for hydroxylation is 2. The molecule has 2 rings (SSSR count). The fourth-order valence-electron chi connectivity index (χ4n) is 5.55. The summed E-state index contributed by atoms with van der Waals surface area (Å²) in [4.78, 5) is 13.4. The monoisotopic (exact) mass is 442 g/mol. The fourth-order valence-corrected chi connectivity index (χ4v) is 5.55. The van der Waals surface area contributed by atoms with Gasteiger partial charge in [0.2, 0.25) is 0 Å². The van der Waals surface area contributed by atoms with E-state index in [0.29, 0.717) is 12.8 Å². The Morgan fingerprint density at radius 1 is 0.562 bits per heavy atom. The molecule has 2 aromatic heterocycles. The lowest BCUT2D eigenvalue weighted by Gasteiger charge is -2.27. The van der Waals surface area contributed by atoms with E-state index in [-0.39, 0.29) is 16.6 Å². The van der Waals surface area contributed by atoms with Gasteiger partial charge in [-0.3, -0.25) is 4.79 Å². The van der Waals surface area contributed by atoms with Crippen LogP contribution in [0.15, 0.2) is 8.83 Å². The Morgan fingerprint density at radius 3 is 1.12 bits per heavy atom. The minimum atomic E-state index is -0.324. The molecular weight excluding hydrogens is 396 g/mol. The van der Waals surface area contributed by atoms with Crippen LogP contribution in [-0.2, 0) is 54.1 Å². The van der Waals surface area contributed by atoms with E-state index in [1.54, 1.807) is 0 Å². The van der Waals surface area contributed by atoms with Crippen LogP contribution in [0.4, 0.5) is 0 Å². The number of Topliss-reactive ketones (excluding diaryl/α,β-unsaturated/α-hetero) is 1. The predicted octanol–water partition coefficient (Wildman–Crippen LogP) is 7.85. The van der Waals surface area contributed by atoms with Crippen LogP contribution in [-0.4, -0.2) is 5.78 Å². The summed E-state index contributed by atoms with van der Waals surface area (Å²) in [5.41, 5.74) is 4.65. The van der Waals surface area contributed by atoms with Crippen LogP contribution < -0.4 is 0 Å². The minimum Gasteiger partial charge on any atom is -0.465 e. The van der Waals surface area contributed by atoms with Crippen LogP contribution in [0, 0.1) is 0 Å². The highest BCUT2D eigenvalue weighted by Crippen LogP contribution is 2.40. The number of furan rings is 2. The largest absolute Gasteiger partial charge is 0.465 e. The zero-order chi connectivity index (χ0) is 24.3. The van der Waals surface area contributed by atoms with Crippen LogP contribution in [0.5, 0.6) is 0 Å². The number of hydrogen-bond acceptors (Lipinski definition) is 3. The SMILES string of the molecule is CCc1oc(C(C)(C)CC(=O)CC(C)(C)c2oc(CC)c(CC)c2CC)c(CC)c1CC. The summed E-state index contributed by atoms with van der Waals surface area (Å²) in [6.07, 6.45) is 6.58. The van der Waals surface area contributed by atoms with E-state index in [2.05, 4.69) is 69.2 Å². The second-order valence-corrected chi connectivity index (χ2v) is 10.4. The van der Waals surface area contributed by atoms with E-state index >= 15 is 0 Å². The van der Waals surface area contributed by atoms with Gasteiger partial charge < -0.3 is 8.83 Å². The average molecular weight is 443 g/mol. The minimum absolute atomic E-state index is 0.268. The van der Waals surface area contributed by atoms with Gasteiger partial charge in [0.25, 0.3) is 0 Å². The first-order chi connectivity index (χ1) is 15.0. The van der Waals surface area contributed by atoms with Gasteiger partial charge in [0.15, 0.2) is 0 Å². The smallest absolute Gasteiger partial charge is 0.134 e. The molecule has 3 heteroatoms. The predicted molar refractivity (Wildman–Crippen MR) is 134 cm³/mol. The van der Waals surface area contributed by atoms with Gasteiger partial charge in [-0.05, 0) is 47.9 Å². The normalized spacial score (nSPS) is 12.6. The van der Waals surface area contributed by atoms with Crippen LogP contribution >= 0.6 is 0 Å². The Labute approximate surface area is 196 Å². The molecule has 0 aliphatic carbocycles. The van der Waals surface area contributed by atoms with Crippen LogP contribution in [0.1, 0.15) is 127 Å². The molecule has 0 saturated carbocycles. The highest BCUT2D eigenvalue weighted by atomic mass is 16.3. The summed E-state index contributed by atoms with van der Waals surface area (Å²) in [5.74, 6) is 4.46. The topological polar surface area (TPSA) is 43.4 Å². The molecule has 0 saturated heterocycles. The van der Waals surface area contributed by atoms with Crippen molar-refractivity contribution in [3.05, 3.63) is 45.3 Å². The lowest BCUT2D eigenvalue weighted by atomic mass is 9.76. The first kappa shape index (κ1) is 26.5. The van der Waals surface area contributed by atoms with Gasteiger partial charge in [-0.25, -0.2) is 0 Å². The summed E-state index contributed by atoms with van der Waals surface area (Å²) in [5, 5.41) is 0. The third kappa shape index (κ3) is 5.07. The van der Waals surface area contributed by atoms with E-state index in [1.807, 2.05) is 0 Å². The van der Waals surface area contributed by atoms with Gasteiger partial charge in [0.1, 0.15) is 28.8 Å². The highest BCUT2D eigenvalue weighted by molar-refractivity contribution is 5.81. The Morgan fingerprint density at radius 2 is 0.875 bits per heavy atom. The molecule has 0 N–H and O–H groups in total. The maximum Gasteiger partial charge on any atom is 0.134 e. The molecule has 0 bridgehead atoms. The second-order valence-electron chi connectivity index (χ2n) is 10.4. The maximum atomic E-state index is 13.4. The van der Waals surface area contributed by atoms with Crippen molar-refractivity contribution in [2.75, 3.05) is 0 Å². The Balaban J connectivity index is 2.32. The average Bonchev–Trinajstić information content (AvgIpc) is 3.30. The molecule has 0 fully saturated rings. The van der Waals surface area contributed by atoms with E-state index in [1.165, 1.54) is 22.3 Å². The zero-order valence-electron chi connectivity index (χ0n) is 22.4. The third-order valence-electron chi connectivity index (χ3n) is 6.96. The van der Waals surface area contributed by atoms with Crippen molar-refractivity contribution >= 4 is 5.78 Å². The maximum absolute atomic E-state index is 13.4. The summed E-state index contributed by atoms with van der Waals surface area (Å²) in [6, 6.07) is 0. The molecule has 2 heterocycles. The lowest BCUT2D eigenvalue weighted by molar-refractivity contribution is -0.121. The van der Waals surface area contributed by atoms with Crippen LogP contribution in [0.25, 0.3) is 0 Å². The van der Waals surface area contributed by atoms with Crippen molar-refractivity contribution in [1.29, 1.82) is 0 Å². The first-order valence-electron chi connectivity index (χ1n) is 12.8. The Kier molecular flexibility index (Phi) is 8.64. The van der Waals surface area contributed by atoms with Crippen LogP contribution in [0.3, 0.4) is 0 Å². The van der Waals surface area contributed by atoms with Crippen molar-refractivity contribution in [3.8, 4) is 0 Å². The lowest BCUT2D eigenvalue weighted by Crippen LogP contribution is -2.28. The summed E-state index contributed by atoms with van der Waals surface area (Å²) >= 11 is 0. The van der Waals surface area contributed by atoms with E-state index in [4.69, 9.17) is 8.83 Å². The number of carbonyl (C=O) groups excluding carboxylic acids is 1. The molecule has 0 atom stereocenters. The van der Waals surface area contributed by atoms with Crippen molar-refractivity contribution in [3.63, 3.8) is 0 Å². The van der Waals surface area contributed by atoms with E-state index < -0.39 is 0 Å². The fraction of sp³-hybridized carbons (Fsp3) is 0.690. The molecule has 3 nitrogen and oxygen atoms in total. The number of rotatable bonds is 12. The molecule has 0 radical (unpaired) electrons. The van der Waals surface area contributed by atoms with Gasteiger partial charge in [0.05, 0.1) is 0 Å². The number of hydrogen-bond donors (Lipinski definition) is 0. The van der Waals surface area contributed by atoms with Crippen molar-refractivity contribution in [1.82, 2.24) is 0 Å². The number of ketones is 1. The first-order valence-corrected chi connectivity index (χ1v) is 12.8. The van der Waals surface area contributed by atoms with Crippen molar-refractivity contribution < 1.29 is 13.6 Å². The molecule has 32 heavy (non-hydrogen) atoms. The van der Waals surface area contributed by atoms with Gasteiger partial charge >= 0.3 is 0 Å². The quantitative estimate of drug-likeness (QED) is 0.336. The molecule has 0 spiro atoms. The Bertz CT molecular complexity index is 847. The Hall–Kier alpha value is -1.77. The molecule has 2 aromatic rings. The molecule has 0 aliphatic rings. The number of carbonyl (C=O) groups is 1. The summed E-state index contributed by atoms with van der Waals surface area (Å²) in [6.45, 7) is 21.7. The third-order valence-corrected chi connectivity index (χ3v) is 6.96. The second kappa shape index (κ2) is 10.4. The van der Waals surface area contributed by atoms with E-state index in [0.717, 1.165) is 61.6 Å². The zero-order valence-corrected chi connectivity index (χ0v) is 22.4. The van der Waals surface area contributed by atoms with Crippen LogP contribution in [0.2, 0.25) is 0 Å². The van der Waals surface area contributed by atoms with Crippen molar-refractivity contribution in [2.24, 2.45) is 0 Å². The summed E-state index contributed by atoms with van der Waals surface area (Å²) in [7, 11) is 0. The molecule has 0 amide bonds. The molecular formula is C29H46O3. The van der Waals surface area contributed by atoms with Gasteiger partial charge in [0, 0.05) is 36.5 Å². The van der Waals surface area contributed by atoms with Gasteiger partial charge in [-0.2, -0.15) is 0 Å². The highest BCUT2D eigenvalue weighted by Gasteiger charge is 2.36. The van der Waals surface area contributed by atoms with Gasteiger partial charge in [-0.1, -0.05) is 69.2 Å². The molecule has 0 unspecified atom stereocenters. The standard InChI is InChI=1S/C29H46O3/c1-11-20-22(13-3)26(31-24(20)15-5)28(7,8)17-19(30)18-29(9,10)27-23(14-4)21(12-2)25(16-6)32-27/h11-18H2,1-10H3. The van der Waals surface area contributed by atoms with Crippen molar-refractivity contribution in [2.45, 2.75) is 131 Å². The molecule has 0 aliphatic heterocycles. The molecule has 180 valence electrons. The summed E-state index contributed by atoms with van der Waals surface area (Å²) < 4.78 is 12.7.